The highest BCUT2D eigenvalue weighted by molar-refractivity contribution is 6.09. The number of fused-ring (bicyclic) bond motifs is 1. The van der Waals surface area contributed by atoms with Crippen LogP contribution < -0.4 is 10.3 Å². The third-order valence-electron chi connectivity index (χ3n) is 8.00. The SMILES string of the molecule is Cc1c([C@H](OC(C)(C)C)C(=O)O)c(-c2ccc3c4c(ccnc24)CCO3)c2ccc(=O)[nH]c2c1Cc1cccc(C(F)F)c1. The molecule has 1 aliphatic rings. The molecule has 0 spiro atoms. The van der Waals surface area contributed by atoms with Crippen LogP contribution in [0.2, 0.25) is 0 Å². The molecule has 0 fully saturated rings. The van der Waals surface area contributed by atoms with E-state index in [4.69, 9.17) is 14.5 Å². The van der Waals surface area contributed by atoms with Gasteiger partial charge in [0.1, 0.15) is 5.75 Å². The molecule has 44 heavy (non-hydrogen) atoms. The van der Waals surface area contributed by atoms with Crippen LogP contribution in [0.5, 0.6) is 5.75 Å². The first-order chi connectivity index (χ1) is 20.9. The Bertz CT molecular complexity index is 1980. The topological polar surface area (TPSA) is 102 Å². The maximum absolute atomic E-state index is 13.6. The number of benzene rings is 3. The van der Waals surface area contributed by atoms with Crippen LogP contribution in [0.25, 0.3) is 32.9 Å². The Hall–Kier alpha value is -4.63. The number of alkyl halides is 2. The summed E-state index contributed by atoms with van der Waals surface area (Å²) in [4.78, 5) is 33.5. The summed E-state index contributed by atoms with van der Waals surface area (Å²) in [6.45, 7) is 7.69. The van der Waals surface area contributed by atoms with Gasteiger partial charge in [-0.2, -0.15) is 0 Å². The number of ether oxygens (including phenoxy) is 2. The molecule has 2 N–H and O–H groups in total. The summed E-state index contributed by atoms with van der Waals surface area (Å²) < 4.78 is 39.4. The first kappa shape index (κ1) is 29.4. The summed E-state index contributed by atoms with van der Waals surface area (Å²) in [5.74, 6) is -0.483. The number of halogens is 2. The van der Waals surface area contributed by atoms with Crippen LogP contribution in [-0.2, 0) is 22.4 Å². The van der Waals surface area contributed by atoms with E-state index in [1.165, 1.54) is 18.2 Å². The van der Waals surface area contributed by atoms with Crippen molar-refractivity contribution in [1.29, 1.82) is 0 Å². The second kappa shape index (κ2) is 11.1. The number of aromatic nitrogens is 2. The predicted octanol–water partition coefficient (Wildman–Crippen LogP) is 7.46. The van der Waals surface area contributed by atoms with Crippen LogP contribution in [0.15, 0.2) is 65.6 Å². The van der Waals surface area contributed by atoms with E-state index in [0.29, 0.717) is 68.6 Å². The fraction of sp³-hybridized carbons (Fsp3) is 0.286. The molecule has 1 aliphatic heterocycles. The van der Waals surface area contributed by atoms with Gasteiger partial charge in [-0.25, -0.2) is 13.6 Å². The van der Waals surface area contributed by atoms with Crippen molar-refractivity contribution in [3.8, 4) is 16.9 Å². The number of carboxylic acids is 1. The van der Waals surface area contributed by atoms with E-state index in [-0.39, 0.29) is 17.5 Å². The molecule has 5 aromatic rings. The standard InChI is InChI=1S/C35H32F2N2O5/c1-18-24(17-19-6-5-7-21(16-19)33(36)37)30-22(9-11-26(40)39-30)29(27(18)32(34(41)42)44-35(2,3)4)23-8-10-25-28-20(13-15-43-25)12-14-38-31(23)28/h5-12,14,16,32-33H,13,15,17H2,1-4H3,(H,39,40)(H,41,42)/t32-/m0/s1. The van der Waals surface area contributed by atoms with E-state index in [9.17, 15) is 23.5 Å². The molecular weight excluding hydrogens is 566 g/mol. The number of pyridine rings is 2. The highest BCUT2D eigenvalue weighted by atomic mass is 19.3. The van der Waals surface area contributed by atoms with E-state index in [0.717, 1.165) is 10.9 Å². The lowest BCUT2D eigenvalue weighted by atomic mass is 9.83. The van der Waals surface area contributed by atoms with E-state index >= 15 is 0 Å². The van der Waals surface area contributed by atoms with Crippen LogP contribution >= 0.6 is 0 Å². The molecule has 0 radical (unpaired) electrons. The second-order valence-electron chi connectivity index (χ2n) is 12.1. The van der Waals surface area contributed by atoms with Crippen LogP contribution in [0, 0.1) is 6.92 Å². The molecule has 0 saturated carbocycles. The van der Waals surface area contributed by atoms with Gasteiger partial charge in [-0.05, 0) is 92.3 Å². The van der Waals surface area contributed by atoms with Gasteiger partial charge in [0.25, 0.3) is 6.43 Å². The summed E-state index contributed by atoms with van der Waals surface area (Å²) in [5, 5.41) is 12.1. The van der Waals surface area contributed by atoms with E-state index in [1.807, 2.05) is 18.2 Å². The lowest BCUT2D eigenvalue weighted by Gasteiger charge is -2.30. The van der Waals surface area contributed by atoms with Gasteiger partial charge in [-0.3, -0.25) is 9.78 Å². The van der Waals surface area contributed by atoms with Gasteiger partial charge in [0.05, 0.1) is 23.2 Å². The van der Waals surface area contributed by atoms with Crippen molar-refractivity contribution in [2.45, 2.75) is 58.7 Å². The minimum absolute atomic E-state index is 0.119. The van der Waals surface area contributed by atoms with Gasteiger partial charge in [0.2, 0.25) is 5.56 Å². The first-order valence-electron chi connectivity index (χ1n) is 14.4. The van der Waals surface area contributed by atoms with Crippen molar-refractivity contribution < 1.29 is 28.2 Å². The normalized spacial score (nSPS) is 13.8. The zero-order chi connectivity index (χ0) is 31.3. The number of carbonyl (C=O) groups is 1. The van der Waals surface area contributed by atoms with Crippen molar-refractivity contribution in [2.24, 2.45) is 0 Å². The Kier molecular flexibility index (Phi) is 7.45. The summed E-state index contributed by atoms with van der Waals surface area (Å²) in [7, 11) is 0. The molecule has 1 atom stereocenters. The number of hydrogen-bond donors (Lipinski definition) is 2. The fourth-order valence-corrected chi connectivity index (χ4v) is 6.18. The lowest BCUT2D eigenvalue weighted by Crippen LogP contribution is -2.28. The Balaban J connectivity index is 1.73. The molecule has 7 nitrogen and oxygen atoms in total. The van der Waals surface area contributed by atoms with E-state index in [1.54, 1.807) is 52.1 Å². The minimum atomic E-state index is -2.65. The van der Waals surface area contributed by atoms with Gasteiger partial charge in [0.15, 0.2) is 6.10 Å². The third-order valence-corrected chi connectivity index (χ3v) is 8.00. The van der Waals surface area contributed by atoms with Crippen LogP contribution in [-0.4, -0.2) is 33.3 Å². The number of nitrogens with one attached hydrogen (secondary N) is 1. The number of hydrogen-bond acceptors (Lipinski definition) is 5. The number of H-pyrrole nitrogens is 1. The largest absolute Gasteiger partial charge is 0.493 e. The maximum atomic E-state index is 13.6. The lowest BCUT2D eigenvalue weighted by molar-refractivity contribution is -0.160. The van der Waals surface area contributed by atoms with Crippen LogP contribution in [0.1, 0.15) is 66.7 Å². The fourth-order valence-electron chi connectivity index (χ4n) is 6.18. The van der Waals surface area contributed by atoms with Gasteiger partial charge < -0.3 is 19.6 Å². The van der Waals surface area contributed by atoms with Crippen molar-refractivity contribution in [3.05, 3.63) is 105 Å². The van der Waals surface area contributed by atoms with Crippen LogP contribution in [0.3, 0.4) is 0 Å². The van der Waals surface area contributed by atoms with Crippen molar-refractivity contribution in [2.75, 3.05) is 6.61 Å². The van der Waals surface area contributed by atoms with E-state index in [2.05, 4.69) is 4.98 Å². The molecule has 9 heteroatoms. The number of rotatable bonds is 7. The number of aromatic amines is 1. The zero-order valence-corrected chi connectivity index (χ0v) is 24.8. The molecule has 0 aliphatic carbocycles. The highest BCUT2D eigenvalue weighted by Crippen LogP contribution is 2.46. The first-order valence-corrected chi connectivity index (χ1v) is 14.4. The summed E-state index contributed by atoms with van der Waals surface area (Å²) >= 11 is 0. The summed E-state index contributed by atoms with van der Waals surface area (Å²) in [5.41, 5.74) is 4.35. The third kappa shape index (κ3) is 5.32. The average Bonchev–Trinajstić information content (AvgIpc) is 2.98. The Morgan fingerprint density at radius 1 is 1.14 bits per heavy atom. The quantitative estimate of drug-likeness (QED) is 0.202. The van der Waals surface area contributed by atoms with Crippen molar-refractivity contribution in [1.82, 2.24) is 9.97 Å². The van der Waals surface area contributed by atoms with Crippen molar-refractivity contribution >= 4 is 27.8 Å². The Morgan fingerprint density at radius 3 is 2.66 bits per heavy atom. The molecule has 0 bridgehead atoms. The Labute approximate surface area is 252 Å². The molecule has 0 amide bonds. The molecule has 6 rings (SSSR count). The van der Waals surface area contributed by atoms with Gasteiger partial charge in [-0.1, -0.05) is 18.2 Å². The number of aliphatic carboxylic acids is 1. The highest BCUT2D eigenvalue weighted by Gasteiger charge is 2.34. The molecule has 0 saturated heterocycles. The smallest absolute Gasteiger partial charge is 0.337 e. The molecule has 3 aromatic carbocycles. The predicted molar refractivity (Wildman–Crippen MR) is 165 cm³/mol. The van der Waals surface area contributed by atoms with Crippen molar-refractivity contribution in [3.63, 3.8) is 0 Å². The number of carboxylic acid groups (broad SMARTS) is 1. The van der Waals surface area contributed by atoms with Gasteiger partial charge in [0, 0.05) is 46.1 Å². The van der Waals surface area contributed by atoms with Gasteiger partial charge >= 0.3 is 5.97 Å². The zero-order valence-electron chi connectivity index (χ0n) is 24.8. The monoisotopic (exact) mass is 598 g/mol. The second-order valence-corrected chi connectivity index (χ2v) is 12.1. The Morgan fingerprint density at radius 2 is 1.93 bits per heavy atom. The molecular formula is C35H32F2N2O5. The van der Waals surface area contributed by atoms with Crippen LogP contribution in [0.4, 0.5) is 8.78 Å². The molecule has 0 unspecified atom stereocenters. The number of nitrogens with zero attached hydrogens (tertiary/aromatic N) is 1. The minimum Gasteiger partial charge on any atom is -0.493 e. The molecule has 226 valence electrons. The summed E-state index contributed by atoms with van der Waals surface area (Å²) in [6.07, 6.45) is -1.43. The summed E-state index contributed by atoms with van der Waals surface area (Å²) in [6, 6.07) is 14.9. The molecule has 2 aromatic heterocycles. The maximum Gasteiger partial charge on any atom is 0.337 e. The van der Waals surface area contributed by atoms with E-state index < -0.39 is 24.1 Å². The molecule has 3 heterocycles. The average molecular weight is 599 g/mol. The van der Waals surface area contributed by atoms with Gasteiger partial charge in [-0.15, -0.1) is 0 Å².